The highest BCUT2D eigenvalue weighted by Crippen LogP contribution is 2.39. The van der Waals surface area contributed by atoms with Crippen LogP contribution in [0.3, 0.4) is 0 Å². The lowest BCUT2D eigenvalue weighted by molar-refractivity contribution is -0.173. The van der Waals surface area contributed by atoms with Gasteiger partial charge >= 0.3 is 11.9 Å². The molecule has 1 atom stereocenters. The summed E-state index contributed by atoms with van der Waals surface area (Å²) in [7, 11) is 0. The molecule has 1 unspecified atom stereocenters. The van der Waals surface area contributed by atoms with E-state index in [0.717, 1.165) is 5.56 Å². The van der Waals surface area contributed by atoms with Gasteiger partial charge in [0.05, 0.1) is 0 Å². The van der Waals surface area contributed by atoms with Crippen LogP contribution in [0.1, 0.15) is 47.1 Å². The molecule has 1 aliphatic rings. The van der Waals surface area contributed by atoms with Crippen LogP contribution < -0.4 is 0 Å². The van der Waals surface area contributed by atoms with Gasteiger partial charge in [0.2, 0.25) is 5.54 Å². The fourth-order valence-electron chi connectivity index (χ4n) is 2.43. The first-order chi connectivity index (χ1) is 10.9. The summed E-state index contributed by atoms with van der Waals surface area (Å²) in [5.41, 5.74) is -1.62. The van der Waals surface area contributed by atoms with Gasteiger partial charge < -0.3 is 9.47 Å². The van der Waals surface area contributed by atoms with Crippen LogP contribution in [-0.4, -0.2) is 40.1 Å². The minimum atomic E-state index is -1.34. The van der Waals surface area contributed by atoms with Crippen molar-refractivity contribution in [3.05, 3.63) is 35.9 Å². The van der Waals surface area contributed by atoms with Crippen molar-refractivity contribution in [2.24, 2.45) is 0 Å². The smallest absolute Gasteiger partial charge is 0.340 e. The molecule has 24 heavy (non-hydrogen) atoms. The molecule has 1 saturated heterocycles. The van der Waals surface area contributed by atoms with Gasteiger partial charge in [-0.1, -0.05) is 30.3 Å². The van der Waals surface area contributed by atoms with Crippen LogP contribution in [0.25, 0.3) is 0 Å². The van der Waals surface area contributed by atoms with E-state index in [0.29, 0.717) is 13.1 Å². The highest BCUT2D eigenvalue weighted by Gasteiger charge is 2.67. The van der Waals surface area contributed by atoms with Crippen LogP contribution in [0.2, 0.25) is 0 Å². The third-order valence-corrected chi connectivity index (χ3v) is 3.55. The molecule has 0 bridgehead atoms. The minimum absolute atomic E-state index is 0.311. The van der Waals surface area contributed by atoms with Gasteiger partial charge in [0.1, 0.15) is 11.2 Å². The van der Waals surface area contributed by atoms with Crippen LogP contribution in [0.15, 0.2) is 30.3 Å². The van der Waals surface area contributed by atoms with E-state index in [1.807, 2.05) is 30.3 Å². The third-order valence-electron chi connectivity index (χ3n) is 3.55. The van der Waals surface area contributed by atoms with Gasteiger partial charge in [-0.3, -0.25) is 4.90 Å². The van der Waals surface area contributed by atoms with Crippen molar-refractivity contribution in [2.45, 2.75) is 64.8 Å². The predicted octanol–water partition coefficient (Wildman–Crippen LogP) is 2.92. The Balaban J connectivity index is 2.21. The maximum atomic E-state index is 12.7. The van der Waals surface area contributed by atoms with E-state index < -0.39 is 28.7 Å². The van der Waals surface area contributed by atoms with Crippen molar-refractivity contribution in [2.75, 3.05) is 6.54 Å². The molecule has 132 valence electrons. The molecule has 1 heterocycles. The summed E-state index contributed by atoms with van der Waals surface area (Å²) in [4.78, 5) is 27.2. The zero-order chi connectivity index (χ0) is 18.2. The van der Waals surface area contributed by atoms with Crippen molar-refractivity contribution >= 4 is 11.9 Å². The molecule has 1 aliphatic heterocycles. The van der Waals surface area contributed by atoms with Gasteiger partial charge in [0, 0.05) is 13.1 Å². The quantitative estimate of drug-likeness (QED) is 0.482. The fourth-order valence-corrected chi connectivity index (χ4v) is 2.43. The zero-order valence-corrected chi connectivity index (χ0v) is 15.4. The molecule has 2 rings (SSSR count). The second-order valence-electron chi connectivity index (χ2n) is 8.21. The van der Waals surface area contributed by atoms with Crippen molar-refractivity contribution in [3.8, 4) is 0 Å². The lowest BCUT2D eigenvalue weighted by atomic mass is 10.1. The lowest BCUT2D eigenvalue weighted by Crippen LogP contribution is -2.46. The van der Waals surface area contributed by atoms with Crippen LogP contribution in [0.4, 0.5) is 0 Å². The van der Waals surface area contributed by atoms with Crippen LogP contribution >= 0.6 is 0 Å². The first kappa shape index (κ1) is 18.5. The minimum Gasteiger partial charge on any atom is -0.458 e. The summed E-state index contributed by atoms with van der Waals surface area (Å²) in [6, 6.07) is 9.73. The summed E-state index contributed by atoms with van der Waals surface area (Å²) in [6.45, 7) is 11.5. The Morgan fingerprint density at radius 2 is 1.42 bits per heavy atom. The Morgan fingerprint density at radius 3 is 1.83 bits per heavy atom. The van der Waals surface area contributed by atoms with Crippen molar-refractivity contribution < 1.29 is 19.1 Å². The highest BCUT2D eigenvalue weighted by atomic mass is 16.6. The fraction of sp³-hybridized carbons (Fsp3) is 0.579. The predicted molar refractivity (Wildman–Crippen MR) is 91.3 cm³/mol. The van der Waals surface area contributed by atoms with E-state index in [1.165, 1.54) is 0 Å². The van der Waals surface area contributed by atoms with Gasteiger partial charge in [0.15, 0.2) is 0 Å². The Bertz CT molecular complexity index is 582. The molecule has 1 aromatic rings. The Kier molecular flexibility index (Phi) is 4.77. The molecular formula is C19H27NO4. The summed E-state index contributed by atoms with van der Waals surface area (Å²) in [5.74, 6) is -1.08. The van der Waals surface area contributed by atoms with Crippen molar-refractivity contribution in [1.29, 1.82) is 0 Å². The summed E-state index contributed by atoms with van der Waals surface area (Å²) < 4.78 is 11.0. The lowest BCUT2D eigenvalue weighted by Gasteiger charge is -2.26. The molecule has 5 heteroatoms. The number of hydrogen-bond donors (Lipinski definition) is 0. The van der Waals surface area contributed by atoms with E-state index in [1.54, 1.807) is 46.4 Å². The van der Waals surface area contributed by atoms with Gasteiger partial charge in [-0.25, -0.2) is 9.59 Å². The van der Waals surface area contributed by atoms with E-state index in [-0.39, 0.29) is 0 Å². The number of hydrogen-bond acceptors (Lipinski definition) is 5. The Morgan fingerprint density at radius 1 is 0.958 bits per heavy atom. The van der Waals surface area contributed by atoms with Gasteiger partial charge in [-0.15, -0.1) is 0 Å². The number of esters is 2. The average molecular weight is 333 g/mol. The summed E-state index contributed by atoms with van der Waals surface area (Å²) in [5, 5.41) is 0. The first-order valence-corrected chi connectivity index (χ1v) is 8.20. The number of nitrogens with zero attached hydrogens (tertiary/aromatic N) is 1. The molecular weight excluding hydrogens is 306 g/mol. The SMILES string of the molecule is CC(C)(C)OC(=O)C1(C(=O)OC(C)(C)C)CN1Cc1ccccc1. The molecule has 0 radical (unpaired) electrons. The third kappa shape index (κ3) is 4.35. The average Bonchev–Trinajstić information content (AvgIpc) is 3.11. The first-order valence-electron chi connectivity index (χ1n) is 8.20. The number of rotatable bonds is 4. The largest absolute Gasteiger partial charge is 0.458 e. The molecule has 0 spiro atoms. The monoisotopic (exact) mass is 333 g/mol. The van der Waals surface area contributed by atoms with E-state index in [4.69, 9.17) is 9.47 Å². The van der Waals surface area contributed by atoms with E-state index >= 15 is 0 Å². The van der Waals surface area contributed by atoms with E-state index in [2.05, 4.69) is 0 Å². The van der Waals surface area contributed by atoms with Crippen LogP contribution in [0.5, 0.6) is 0 Å². The van der Waals surface area contributed by atoms with Gasteiger partial charge in [-0.2, -0.15) is 0 Å². The van der Waals surface area contributed by atoms with E-state index in [9.17, 15) is 9.59 Å². The summed E-state index contributed by atoms with van der Waals surface area (Å²) >= 11 is 0. The molecule has 1 fully saturated rings. The van der Waals surface area contributed by atoms with Crippen molar-refractivity contribution in [1.82, 2.24) is 4.90 Å². The molecule has 1 aromatic carbocycles. The number of carbonyl (C=O) groups is 2. The number of ether oxygens (including phenoxy) is 2. The number of benzene rings is 1. The van der Waals surface area contributed by atoms with Gasteiger partial charge in [-0.05, 0) is 47.1 Å². The summed E-state index contributed by atoms with van der Waals surface area (Å²) in [6.07, 6.45) is 0. The maximum Gasteiger partial charge on any atom is 0.340 e. The second kappa shape index (κ2) is 6.20. The standard InChI is InChI=1S/C19H27NO4/c1-17(2,3)23-15(21)19(16(22)24-18(4,5)6)13-20(19)12-14-10-8-7-9-11-14/h7-11H,12-13H2,1-6H3. The number of carbonyl (C=O) groups excluding carboxylic acids is 2. The Labute approximate surface area is 143 Å². The Hall–Kier alpha value is -1.88. The zero-order valence-electron chi connectivity index (χ0n) is 15.4. The highest BCUT2D eigenvalue weighted by molar-refractivity contribution is 6.09. The van der Waals surface area contributed by atoms with Crippen LogP contribution in [-0.2, 0) is 25.6 Å². The molecule has 0 aliphatic carbocycles. The van der Waals surface area contributed by atoms with Gasteiger partial charge in [0.25, 0.3) is 0 Å². The molecule has 0 aromatic heterocycles. The van der Waals surface area contributed by atoms with Crippen molar-refractivity contribution in [3.63, 3.8) is 0 Å². The molecule has 0 N–H and O–H groups in total. The topological polar surface area (TPSA) is 55.6 Å². The molecule has 0 saturated carbocycles. The molecule has 0 amide bonds. The van der Waals surface area contributed by atoms with Crippen LogP contribution in [0, 0.1) is 0 Å². The molecule has 5 nitrogen and oxygen atoms in total. The normalized spacial score (nSPS) is 19.5. The maximum absolute atomic E-state index is 12.7. The second-order valence-corrected chi connectivity index (χ2v) is 8.21.